The largest absolute Gasteiger partial charge is 0.383 e. The molecule has 0 atom stereocenters. The molecule has 0 aliphatic carbocycles. The molecule has 2 aromatic heterocycles. The second-order valence-electron chi connectivity index (χ2n) is 8.38. The number of carbonyl (C=O) groups excluding carboxylic acids is 1. The topological polar surface area (TPSA) is 89.1 Å². The minimum absolute atomic E-state index is 0.241. The molecule has 3 N–H and O–H groups in total. The Balaban J connectivity index is 1.71. The van der Waals surface area contributed by atoms with Crippen LogP contribution in [0, 0.1) is 0 Å². The minimum Gasteiger partial charge on any atom is -0.383 e. The van der Waals surface area contributed by atoms with E-state index in [0.717, 1.165) is 52.8 Å². The van der Waals surface area contributed by atoms with E-state index in [9.17, 15) is 4.79 Å². The Morgan fingerprint density at radius 1 is 1.12 bits per heavy atom. The highest BCUT2D eigenvalue weighted by atomic mass is 16.1. The average Bonchev–Trinajstić information content (AvgIpc) is 3.13. The van der Waals surface area contributed by atoms with Gasteiger partial charge in [0.1, 0.15) is 17.8 Å². The first kappa shape index (κ1) is 20.8. The van der Waals surface area contributed by atoms with Crippen LogP contribution in [0.25, 0.3) is 33.4 Å². The molecule has 3 heterocycles. The molecular formula is C26H26N6O. The number of benzene rings is 2. The Morgan fingerprint density at radius 3 is 2.64 bits per heavy atom. The van der Waals surface area contributed by atoms with Gasteiger partial charge in [-0.05, 0) is 59.9 Å². The number of rotatable bonds is 4. The fourth-order valence-electron chi connectivity index (χ4n) is 4.74. The molecule has 0 fully saturated rings. The molecular weight excluding hydrogens is 412 g/mol. The molecule has 1 amide bonds. The summed E-state index contributed by atoms with van der Waals surface area (Å²) >= 11 is 0. The number of anilines is 3. The van der Waals surface area contributed by atoms with Crippen LogP contribution >= 0.6 is 0 Å². The number of carbonyl (C=O) groups is 1. The molecule has 0 saturated heterocycles. The van der Waals surface area contributed by atoms with Crippen LogP contribution in [0.5, 0.6) is 0 Å². The Labute approximate surface area is 192 Å². The van der Waals surface area contributed by atoms with E-state index in [-0.39, 0.29) is 5.91 Å². The first-order chi connectivity index (χ1) is 16.0. The summed E-state index contributed by atoms with van der Waals surface area (Å²) in [7, 11) is 4.13. The van der Waals surface area contributed by atoms with Crippen LogP contribution in [0.15, 0.2) is 61.4 Å². The van der Waals surface area contributed by atoms with E-state index in [1.165, 1.54) is 23.7 Å². The molecule has 0 saturated carbocycles. The fraction of sp³-hybridized carbons (Fsp3) is 0.192. The lowest BCUT2D eigenvalue weighted by Gasteiger charge is -2.28. The van der Waals surface area contributed by atoms with Crippen LogP contribution in [-0.2, 0) is 18.3 Å². The summed E-state index contributed by atoms with van der Waals surface area (Å²) in [6.07, 6.45) is 4.95. The highest BCUT2D eigenvalue weighted by Gasteiger charge is 2.23. The Morgan fingerprint density at radius 2 is 1.88 bits per heavy atom. The number of hydrogen-bond acceptors (Lipinski definition) is 5. The van der Waals surface area contributed by atoms with Crippen molar-refractivity contribution in [3.63, 3.8) is 0 Å². The normalized spacial score (nSPS) is 13.1. The van der Waals surface area contributed by atoms with Crippen LogP contribution in [0.3, 0.4) is 0 Å². The second-order valence-corrected chi connectivity index (χ2v) is 8.38. The van der Waals surface area contributed by atoms with Gasteiger partial charge in [-0.2, -0.15) is 0 Å². The number of hydrogen-bond donors (Lipinski definition) is 2. The number of aromatic nitrogens is 3. The molecule has 166 valence electrons. The molecule has 0 radical (unpaired) electrons. The second kappa shape index (κ2) is 8.09. The number of nitrogen functional groups attached to an aromatic ring is 1. The van der Waals surface area contributed by atoms with Crippen molar-refractivity contribution in [2.24, 2.45) is 7.05 Å². The standard InChI is InChI=1S/C26H26N6O/c1-4-21(33)30-19-10-7-16(8-11-19)24-22(23-25(27)28-15-29-26(23)32(24)3)18-9-12-20-17(14-18)6-5-13-31(20)2/h4,7-12,14-15H,1,5-6,13H2,2-3H3,(H,30,33)(H2,27,28,29). The van der Waals surface area contributed by atoms with Crippen LogP contribution in [0.4, 0.5) is 17.2 Å². The SMILES string of the molecule is C=CC(=O)Nc1ccc(-c2c(-c3ccc4c(c3)CCCN4C)c3c(N)ncnc3n2C)cc1. The van der Waals surface area contributed by atoms with Gasteiger partial charge in [-0.25, -0.2) is 9.97 Å². The summed E-state index contributed by atoms with van der Waals surface area (Å²) in [5, 5.41) is 3.64. The highest BCUT2D eigenvalue weighted by Crippen LogP contribution is 2.43. The third-order valence-electron chi connectivity index (χ3n) is 6.33. The van der Waals surface area contributed by atoms with Crippen molar-refractivity contribution in [3.8, 4) is 22.4 Å². The van der Waals surface area contributed by atoms with Gasteiger partial charge in [0.25, 0.3) is 0 Å². The maximum Gasteiger partial charge on any atom is 0.247 e. The summed E-state index contributed by atoms with van der Waals surface area (Å²) in [5.74, 6) is 0.219. The number of fused-ring (bicyclic) bond motifs is 2. The number of nitrogens with zero attached hydrogens (tertiary/aromatic N) is 4. The van der Waals surface area contributed by atoms with Crippen molar-refractivity contribution in [3.05, 3.63) is 67.0 Å². The Kier molecular flexibility index (Phi) is 5.09. The molecule has 0 spiro atoms. The summed E-state index contributed by atoms with van der Waals surface area (Å²) in [6.45, 7) is 4.57. The zero-order chi connectivity index (χ0) is 23.1. The third kappa shape index (κ3) is 3.51. The molecule has 1 aliphatic heterocycles. The lowest BCUT2D eigenvalue weighted by Crippen LogP contribution is -2.24. The Hall–Kier alpha value is -4.13. The first-order valence-electron chi connectivity index (χ1n) is 10.9. The van der Waals surface area contributed by atoms with E-state index in [1.807, 2.05) is 31.3 Å². The van der Waals surface area contributed by atoms with Crippen molar-refractivity contribution >= 4 is 34.1 Å². The lowest BCUT2D eigenvalue weighted by atomic mass is 9.93. The summed E-state index contributed by atoms with van der Waals surface area (Å²) in [5.41, 5.74) is 14.6. The van der Waals surface area contributed by atoms with Gasteiger partial charge in [-0.15, -0.1) is 0 Å². The van der Waals surface area contributed by atoms with Gasteiger partial charge in [0.05, 0.1) is 11.1 Å². The van der Waals surface area contributed by atoms with E-state index < -0.39 is 0 Å². The van der Waals surface area contributed by atoms with E-state index in [4.69, 9.17) is 5.73 Å². The van der Waals surface area contributed by atoms with Crippen LogP contribution in [-0.4, -0.2) is 34.0 Å². The number of amides is 1. The lowest BCUT2D eigenvalue weighted by molar-refractivity contribution is -0.111. The van der Waals surface area contributed by atoms with E-state index >= 15 is 0 Å². The molecule has 2 aromatic carbocycles. The van der Waals surface area contributed by atoms with Crippen molar-refractivity contribution in [1.29, 1.82) is 0 Å². The van der Waals surface area contributed by atoms with Crippen molar-refractivity contribution in [1.82, 2.24) is 14.5 Å². The molecule has 5 rings (SSSR count). The molecule has 7 nitrogen and oxygen atoms in total. The highest BCUT2D eigenvalue weighted by molar-refractivity contribution is 6.08. The van der Waals surface area contributed by atoms with Crippen molar-refractivity contribution in [2.45, 2.75) is 12.8 Å². The van der Waals surface area contributed by atoms with E-state index in [0.29, 0.717) is 11.5 Å². The average molecular weight is 439 g/mol. The quantitative estimate of drug-likeness (QED) is 0.461. The van der Waals surface area contributed by atoms with Gasteiger partial charge in [0, 0.05) is 37.6 Å². The van der Waals surface area contributed by atoms with Gasteiger partial charge in [-0.3, -0.25) is 4.79 Å². The maximum atomic E-state index is 11.7. The molecule has 0 unspecified atom stereocenters. The van der Waals surface area contributed by atoms with Crippen molar-refractivity contribution in [2.75, 3.05) is 29.5 Å². The van der Waals surface area contributed by atoms with Gasteiger partial charge >= 0.3 is 0 Å². The first-order valence-corrected chi connectivity index (χ1v) is 10.9. The zero-order valence-electron chi connectivity index (χ0n) is 18.8. The molecule has 1 aliphatic rings. The van der Waals surface area contributed by atoms with Gasteiger partial charge in [-0.1, -0.05) is 24.8 Å². The van der Waals surface area contributed by atoms with Crippen LogP contribution in [0.1, 0.15) is 12.0 Å². The molecule has 0 bridgehead atoms. The van der Waals surface area contributed by atoms with Crippen molar-refractivity contribution < 1.29 is 4.79 Å². The minimum atomic E-state index is -0.241. The summed E-state index contributed by atoms with van der Waals surface area (Å²) in [4.78, 5) is 22.8. The van der Waals surface area contributed by atoms with Crippen LogP contribution in [0.2, 0.25) is 0 Å². The summed E-state index contributed by atoms with van der Waals surface area (Å²) in [6, 6.07) is 14.4. The number of nitrogens with two attached hydrogens (primary N) is 1. The third-order valence-corrected chi connectivity index (χ3v) is 6.33. The predicted octanol–water partition coefficient (Wildman–Crippen LogP) is 4.39. The smallest absolute Gasteiger partial charge is 0.247 e. The maximum absolute atomic E-state index is 11.7. The predicted molar refractivity (Wildman–Crippen MR) is 134 cm³/mol. The van der Waals surface area contributed by atoms with Gasteiger partial charge < -0.3 is 20.5 Å². The van der Waals surface area contributed by atoms with Crippen LogP contribution < -0.4 is 16.0 Å². The molecule has 4 aromatic rings. The zero-order valence-corrected chi connectivity index (χ0v) is 18.8. The fourth-order valence-corrected chi connectivity index (χ4v) is 4.74. The monoisotopic (exact) mass is 438 g/mol. The summed E-state index contributed by atoms with van der Waals surface area (Å²) < 4.78 is 2.06. The van der Waals surface area contributed by atoms with E-state index in [2.05, 4.69) is 56.6 Å². The molecule has 33 heavy (non-hydrogen) atoms. The Bertz CT molecular complexity index is 1390. The van der Waals surface area contributed by atoms with E-state index in [1.54, 1.807) is 0 Å². The number of aryl methyl sites for hydroxylation is 2. The molecule has 7 heteroatoms. The van der Waals surface area contributed by atoms with Gasteiger partial charge in [0.2, 0.25) is 5.91 Å². The van der Waals surface area contributed by atoms with Gasteiger partial charge in [0.15, 0.2) is 0 Å². The number of nitrogens with one attached hydrogen (secondary N) is 1.